The van der Waals surface area contributed by atoms with Crippen LogP contribution in [-0.4, -0.2) is 43.1 Å². The van der Waals surface area contributed by atoms with Crippen molar-refractivity contribution in [1.82, 2.24) is 0 Å². The zero-order valence-electron chi connectivity index (χ0n) is 28.3. The van der Waals surface area contributed by atoms with Gasteiger partial charge in [0.1, 0.15) is 0 Å². The second-order valence-electron chi connectivity index (χ2n) is 13.5. The summed E-state index contributed by atoms with van der Waals surface area (Å²) in [5.41, 5.74) is 8.74. The van der Waals surface area contributed by atoms with Crippen LogP contribution in [-0.2, 0) is 12.0 Å². The molecule has 0 bridgehead atoms. The Kier molecular flexibility index (Phi) is 30.7. The third-order valence-electron chi connectivity index (χ3n) is 7.69. The van der Waals surface area contributed by atoms with Crippen LogP contribution in [0.3, 0.4) is 0 Å². The minimum Gasteiger partial charge on any atom is -0.870 e. The number of nitrogens with zero attached hydrogens (tertiary/aromatic N) is 1. The van der Waals surface area contributed by atoms with Gasteiger partial charge in [0.2, 0.25) is 0 Å². The van der Waals surface area contributed by atoms with Crippen molar-refractivity contribution in [3.05, 3.63) is 35.4 Å². The van der Waals surface area contributed by atoms with Gasteiger partial charge in [0.15, 0.2) is 0 Å². The Morgan fingerprint density at radius 2 is 0.925 bits per heavy atom. The molecule has 0 aromatic heterocycles. The van der Waals surface area contributed by atoms with E-state index < -0.39 is 0 Å². The average Bonchev–Trinajstić information content (AvgIpc) is 2.86. The first kappa shape index (κ1) is 43.5. The summed E-state index contributed by atoms with van der Waals surface area (Å²) >= 11 is 0. The summed E-state index contributed by atoms with van der Waals surface area (Å²) in [5.74, 6) is 0. The van der Waals surface area contributed by atoms with Crippen molar-refractivity contribution in [2.24, 2.45) is 5.73 Å². The van der Waals surface area contributed by atoms with Crippen LogP contribution in [0.15, 0.2) is 24.3 Å². The highest BCUT2D eigenvalue weighted by Crippen LogP contribution is 2.23. The molecular weight excluding hydrogens is 492 g/mol. The van der Waals surface area contributed by atoms with Crippen LogP contribution in [0.4, 0.5) is 0 Å². The van der Waals surface area contributed by atoms with E-state index in [0.717, 1.165) is 4.48 Å². The maximum Gasteiger partial charge on any atom is 0.0780 e. The molecule has 40 heavy (non-hydrogen) atoms. The van der Waals surface area contributed by atoms with Gasteiger partial charge in [-0.3, -0.25) is 0 Å². The van der Waals surface area contributed by atoms with Crippen molar-refractivity contribution in [3.63, 3.8) is 0 Å². The summed E-state index contributed by atoms with van der Waals surface area (Å²) in [6.07, 6.45) is 29.6. The average molecular weight is 567 g/mol. The quantitative estimate of drug-likeness (QED) is 0.105. The highest BCUT2D eigenvalue weighted by molar-refractivity contribution is 5.32. The van der Waals surface area contributed by atoms with E-state index >= 15 is 0 Å². The number of aryl methyl sites for hydroxylation is 1. The van der Waals surface area contributed by atoms with E-state index in [1.54, 1.807) is 0 Å². The van der Waals surface area contributed by atoms with Crippen LogP contribution >= 0.6 is 0 Å². The van der Waals surface area contributed by atoms with Crippen molar-refractivity contribution in [2.45, 2.75) is 168 Å². The zero-order valence-corrected chi connectivity index (χ0v) is 28.3. The summed E-state index contributed by atoms with van der Waals surface area (Å²) in [4.78, 5) is 0. The number of hydrogen-bond acceptors (Lipinski definition) is 2. The minimum absolute atomic E-state index is 0. The second-order valence-corrected chi connectivity index (χ2v) is 13.5. The first-order valence-electron chi connectivity index (χ1n) is 16.8. The van der Waals surface area contributed by atoms with Gasteiger partial charge in [-0.2, -0.15) is 0 Å². The summed E-state index contributed by atoms with van der Waals surface area (Å²) in [5, 5.41) is 0. The number of nitrogens with two attached hydrogens (primary N) is 1. The highest BCUT2D eigenvalue weighted by atomic mass is 16.0. The summed E-state index contributed by atoms with van der Waals surface area (Å²) in [7, 11) is 6.88. The van der Waals surface area contributed by atoms with Gasteiger partial charge in [-0.05, 0) is 50.7 Å². The van der Waals surface area contributed by atoms with Crippen molar-refractivity contribution in [3.8, 4) is 0 Å². The van der Waals surface area contributed by atoms with Crippen molar-refractivity contribution in [2.75, 3.05) is 27.7 Å². The third kappa shape index (κ3) is 28.6. The first-order chi connectivity index (χ1) is 18.1. The smallest absolute Gasteiger partial charge is 0.0780 e. The SMILES string of the molecule is CCCCCCCCCCCCCCCC[N+](C)(C)C.CCCCCCCCc1ccccc1C(C)(C)N.O.[OH-]. The molecule has 4 heteroatoms. The lowest BCUT2D eigenvalue weighted by Crippen LogP contribution is -2.35. The maximum atomic E-state index is 6.23. The molecule has 0 heterocycles. The van der Waals surface area contributed by atoms with Crippen LogP contribution in [0.5, 0.6) is 0 Å². The van der Waals surface area contributed by atoms with E-state index in [4.69, 9.17) is 5.73 Å². The largest absolute Gasteiger partial charge is 0.870 e. The molecule has 0 saturated heterocycles. The number of unbranched alkanes of at least 4 members (excludes halogenated alkanes) is 18. The Bertz CT molecular complexity index is 634. The molecule has 1 aromatic carbocycles. The van der Waals surface area contributed by atoms with E-state index in [0.29, 0.717) is 0 Å². The Morgan fingerprint density at radius 1 is 0.575 bits per heavy atom. The van der Waals surface area contributed by atoms with Gasteiger partial charge in [-0.25, -0.2) is 0 Å². The van der Waals surface area contributed by atoms with E-state index in [1.807, 2.05) is 0 Å². The fourth-order valence-corrected chi connectivity index (χ4v) is 5.24. The monoisotopic (exact) mass is 567 g/mol. The molecule has 0 aliphatic heterocycles. The molecule has 0 saturated carbocycles. The number of benzene rings is 1. The van der Waals surface area contributed by atoms with E-state index in [9.17, 15) is 0 Å². The van der Waals surface area contributed by atoms with Crippen LogP contribution in [0.25, 0.3) is 0 Å². The molecule has 0 amide bonds. The molecule has 240 valence electrons. The van der Waals surface area contributed by atoms with Crippen molar-refractivity contribution < 1.29 is 15.4 Å². The zero-order chi connectivity index (χ0) is 28.5. The molecule has 1 rings (SSSR count). The third-order valence-corrected chi connectivity index (χ3v) is 7.69. The van der Waals surface area contributed by atoms with Gasteiger partial charge in [0.25, 0.3) is 0 Å². The predicted octanol–water partition coefficient (Wildman–Crippen LogP) is 9.96. The molecule has 0 aliphatic rings. The molecular formula is C36H74N2O2. The molecule has 0 atom stereocenters. The lowest BCUT2D eigenvalue weighted by molar-refractivity contribution is -0.870. The molecule has 1 aromatic rings. The second kappa shape index (κ2) is 28.2. The normalized spacial score (nSPS) is 11.3. The molecule has 4 nitrogen and oxygen atoms in total. The summed E-state index contributed by atoms with van der Waals surface area (Å²) in [6, 6.07) is 8.62. The molecule has 0 aliphatic carbocycles. The van der Waals surface area contributed by atoms with Crippen molar-refractivity contribution >= 4 is 0 Å². The van der Waals surface area contributed by atoms with Gasteiger partial charge >= 0.3 is 0 Å². The molecule has 0 fully saturated rings. The van der Waals surface area contributed by atoms with Crippen LogP contribution in [0.2, 0.25) is 0 Å². The number of hydrogen-bond donors (Lipinski definition) is 1. The summed E-state index contributed by atoms with van der Waals surface area (Å²) < 4.78 is 1.12. The lowest BCUT2D eigenvalue weighted by atomic mass is 9.89. The van der Waals surface area contributed by atoms with E-state index in [2.05, 4.69) is 73.1 Å². The maximum absolute atomic E-state index is 6.23. The van der Waals surface area contributed by atoms with E-state index in [1.165, 1.54) is 153 Å². The van der Waals surface area contributed by atoms with Crippen LogP contribution in [0.1, 0.15) is 167 Å². The van der Waals surface area contributed by atoms with Crippen LogP contribution in [0, 0.1) is 0 Å². The van der Waals surface area contributed by atoms with Gasteiger partial charge in [-0.15, -0.1) is 0 Å². The van der Waals surface area contributed by atoms with Crippen LogP contribution < -0.4 is 5.73 Å². The summed E-state index contributed by atoms with van der Waals surface area (Å²) in [6.45, 7) is 10.1. The Balaban J connectivity index is -0.000000654. The van der Waals surface area contributed by atoms with Gasteiger partial charge < -0.3 is 21.2 Å². The fraction of sp³-hybridized carbons (Fsp3) is 0.833. The molecule has 0 spiro atoms. The Labute approximate surface area is 252 Å². The van der Waals surface area contributed by atoms with Crippen molar-refractivity contribution in [1.29, 1.82) is 0 Å². The molecule has 0 radical (unpaired) electrons. The fourth-order valence-electron chi connectivity index (χ4n) is 5.24. The molecule has 0 unspecified atom stereocenters. The Morgan fingerprint density at radius 3 is 1.30 bits per heavy atom. The standard InChI is InChI=1S/C19H42N.C17H29N.2H2O/c1-5-6-7-8-9-10-11-12-13-14-15-16-17-18-19-20(2,3)4;1-4-5-6-7-8-9-12-15-13-10-11-14-16(15)17(2,3)18;;/h5-19H2,1-4H3;10-11,13-14H,4-9,12,18H2,1-3H3;2*1H2/q+1;;;/p-1. The van der Waals surface area contributed by atoms with Gasteiger partial charge in [0.05, 0.1) is 27.7 Å². The lowest BCUT2D eigenvalue weighted by Gasteiger charge is -2.23. The Hall–Kier alpha value is -0.940. The number of quaternary nitrogens is 1. The first-order valence-corrected chi connectivity index (χ1v) is 16.8. The minimum atomic E-state index is -0.223. The predicted molar refractivity (Wildman–Crippen MR) is 179 cm³/mol. The number of rotatable bonds is 23. The van der Waals surface area contributed by atoms with Gasteiger partial charge in [0, 0.05) is 5.54 Å². The van der Waals surface area contributed by atoms with Gasteiger partial charge in [-0.1, -0.05) is 147 Å². The highest BCUT2D eigenvalue weighted by Gasteiger charge is 2.17. The molecule has 5 N–H and O–H groups in total. The van der Waals surface area contributed by atoms with E-state index in [-0.39, 0.29) is 16.5 Å². The topological polar surface area (TPSA) is 87.5 Å².